The van der Waals surface area contributed by atoms with E-state index < -0.39 is 54.2 Å². The van der Waals surface area contributed by atoms with Gasteiger partial charge in [0.25, 0.3) is 0 Å². The summed E-state index contributed by atoms with van der Waals surface area (Å²) in [7, 11) is 0. The second-order valence-electron chi connectivity index (χ2n) is 7.88. The van der Waals surface area contributed by atoms with Crippen molar-refractivity contribution in [1.82, 2.24) is 0 Å². The molecule has 0 aliphatic carbocycles. The summed E-state index contributed by atoms with van der Waals surface area (Å²) in [5.41, 5.74) is -0.863. The molecule has 1 fully saturated rings. The zero-order valence-electron chi connectivity index (χ0n) is 18.2. The van der Waals surface area contributed by atoms with E-state index in [-0.39, 0.29) is 24.3 Å². The third-order valence-electron chi connectivity index (χ3n) is 5.24. The van der Waals surface area contributed by atoms with Crippen LogP contribution < -0.4 is 4.74 Å². The normalized spacial score (nSPS) is 15.7. The molecule has 0 saturated carbocycles. The number of carbonyl (C=O) groups is 5. The van der Waals surface area contributed by atoms with Crippen molar-refractivity contribution in [3.8, 4) is 11.5 Å². The number of aromatic hydroxyl groups is 1. The maximum Gasteiger partial charge on any atom is 0.317 e. The summed E-state index contributed by atoms with van der Waals surface area (Å²) >= 11 is 0. The Bertz CT molecular complexity index is 1090. The predicted octanol–water partition coefficient (Wildman–Crippen LogP) is 2.57. The third kappa shape index (κ3) is 6.18. The van der Waals surface area contributed by atoms with Gasteiger partial charge in [0.15, 0.2) is 5.60 Å². The van der Waals surface area contributed by atoms with Gasteiger partial charge in [0.1, 0.15) is 11.5 Å². The van der Waals surface area contributed by atoms with Crippen molar-refractivity contribution >= 4 is 29.8 Å². The summed E-state index contributed by atoms with van der Waals surface area (Å²) in [5.74, 6) is -4.84. The van der Waals surface area contributed by atoms with Crippen molar-refractivity contribution < 1.29 is 48.4 Å². The van der Waals surface area contributed by atoms with E-state index in [2.05, 4.69) is 4.74 Å². The second-order valence-corrected chi connectivity index (χ2v) is 7.88. The molecule has 1 heterocycles. The Balaban J connectivity index is 1.88. The highest BCUT2D eigenvalue weighted by Crippen LogP contribution is 2.39. The third-order valence-corrected chi connectivity index (χ3v) is 5.24. The maximum atomic E-state index is 13.0. The molecule has 178 valence electrons. The lowest BCUT2D eigenvalue weighted by Crippen LogP contribution is -2.43. The van der Waals surface area contributed by atoms with Gasteiger partial charge in [-0.05, 0) is 35.4 Å². The number of cyclic esters (lactones) is 2. The van der Waals surface area contributed by atoms with Crippen LogP contribution in [0.5, 0.6) is 11.5 Å². The summed E-state index contributed by atoms with van der Waals surface area (Å²) in [6.07, 6.45) is -1.60. The van der Waals surface area contributed by atoms with Crippen LogP contribution in [0.3, 0.4) is 0 Å². The number of rotatable bonds is 8. The van der Waals surface area contributed by atoms with Gasteiger partial charge in [-0.25, -0.2) is 0 Å². The molecule has 0 aromatic heterocycles. The molecule has 10 heteroatoms. The molecule has 0 radical (unpaired) electrons. The molecule has 1 atom stereocenters. The first-order chi connectivity index (χ1) is 16.1. The lowest BCUT2D eigenvalue weighted by Gasteiger charge is -2.35. The van der Waals surface area contributed by atoms with Gasteiger partial charge in [-0.15, -0.1) is 0 Å². The van der Waals surface area contributed by atoms with Gasteiger partial charge in [-0.2, -0.15) is 0 Å². The zero-order valence-corrected chi connectivity index (χ0v) is 18.2. The molecular weight excluding hydrogens is 448 g/mol. The van der Waals surface area contributed by atoms with E-state index in [1.54, 1.807) is 0 Å². The summed E-state index contributed by atoms with van der Waals surface area (Å²) < 4.78 is 15.2. The molecule has 0 amide bonds. The van der Waals surface area contributed by atoms with E-state index in [1.165, 1.54) is 55.5 Å². The Labute approximate surface area is 194 Å². The molecule has 1 aliphatic heterocycles. The highest BCUT2D eigenvalue weighted by Gasteiger charge is 2.46. The number of aliphatic carboxylic acids is 1. The Morgan fingerprint density at radius 1 is 0.971 bits per heavy atom. The van der Waals surface area contributed by atoms with E-state index in [4.69, 9.17) is 9.47 Å². The van der Waals surface area contributed by atoms with Crippen molar-refractivity contribution in [2.75, 3.05) is 0 Å². The lowest BCUT2D eigenvalue weighted by molar-refractivity contribution is -0.186. The number of hydrogen-bond donors (Lipinski definition) is 2. The smallest absolute Gasteiger partial charge is 0.317 e. The fraction of sp³-hybridized carbons (Fsp3) is 0.292. The number of carboxylic acids is 1. The van der Waals surface area contributed by atoms with E-state index in [1.807, 2.05) is 0 Å². The SMILES string of the molecule is CC(=O)Oc1ccc(C2(OC(=O)CC(CC(=O)O)c3ccc(O)cc3)CC(=O)OC(=O)C2)cc1. The van der Waals surface area contributed by atoms with Crippen LogP contribution in [-0.2, 0) is 39.0 Å². The van der Waals surface area contributed by atoms with Crippen molar-refractivity contribution in [3.63, 3.8) is 0 Å². The molecule has 2 N–H and O–H groups in total. The number of hydrogen-bond acceptors (Lipinski definition) is 9. The average molecular weight is 470 g/mol. The van der Waals surface area contributed by atoms with Crippen LogP contribution in [0.25, 0.3) is 0 Å². The predicted molar refractivity (Wildman–Crippen MR) is 114 cm³/mol. The molecule has 1 saturated heterocycles. The molecule has 0 bridgehead atoms. The molecule has 1 aliphatic rings. The number of phenolic OH excluding ortho intramolecular Hbond substituents is 1. The first kappa shape index (κ1) is 24.4. The van der Waals surface area contributed by atoms with E-state index in [0.717, 1.165) is 0 Å². The average Bonchev–Trinajstić information content (AvgIpc) is 2.72. The Morgan fingerprint density at radius 3 is 2.09 bits per heavy atom. The first-order valence-corrected chi connectivity index (χ1v) is 10.3. The van der Waals surface area contributed by atoms with Gasteiger partial charge in [0, 0.05) is 12.8 Å². The number of benzene rings is 2. The highest BCUT2D eigenvalue weighted by molar-refractivity contribution is 5.91. The van der Waals surface area contributed by atoms with Gasteiger partial charge >= 0.3 is 29.8 Å². The van der Waals surface area contributed by atoms with Crippen molar-refractivity contribution in [3.05, 3.63) is 59.7 Å². The first-order valence-electron chi connectivity index (χ1n) is 10.3. The van der Waals surface area contributed by atoms with Gasteiger partial charge < -0.3 is 24.4 Å². The quantitative estimate of drug-likeness (QED) is 0.334. The van der Waals surface area contributed by atoms with E-state index >= 15 is 0 Å². The number of carboxylic acid groups (broad SMARTS) is 1. The minimum Gasteiger partial charge on any atom is -0.508 e. The van der Waals surface area contributed by atoms with Crippen molar-refractivity contribution in [2.24, 2.45) is 0 Å². The zero-order chi connectivity index (χ0) is 24.9. The molecule has 3 rings (SSSR count). The van der Waals surface area contributed by atoms with Crippen LogP contribution in [0.15, 0.2) is 48.5 Å². The van der Waals surface area contributed by atoms with E-state index in [9.17, 15) is 34.2 Å². The highest BCUT2D eigenvalue weighted by atomic mass is 16.6. The summed E-state index contributed by atoms with van der Waals surface area (Å²) in [6.45, 7) is 1.23. The van der Waals surface area contributed by atoms with Crippen LogP contribution in [0.2, 0.25) is 0 Å². The van der Waals surface area contributed by atoms with Crippen LogP contribution >= 0.6 is 0 Å². The fourth-order valence-corrected chi connectivity index (χ4v) is 3.78. The van der Waals surface area contributed by atoms with Gasteiger partial charge in [0.05, 0.1) is 25.7 Å². The van der Waals surface area contributed by atoms with Gasteiger partial charge in [-0.3, -0.25) is 24.0 Å². The maximum absolute atomic E-state index is 13.0. The molecule has 34 heavy (non-hydrogen) atoms. The van der Waals surface area contributed by atoms with Gasteiger partial charge in [-0.1, -0.05) is 24.3 Å². The Morgan fingerprint density at radius 2 is 1.56 bits per heavy atom. The van der Waals surface area contributed by atoms with Crippen LogP contribution in [0.1, 0.15) is 49.7 Å². The van der Waals surface area contributed by atoms with E-state index in [0.29, 0.717) is 11.1 Å². The number of carbonyl (C=O) groups excluding carboxylic acids is 4. The largest absolute Gasteiger partial charge is 0.508 e. The monoisotopic (exact) mass is 470 g/mol. The summed E-state index contributed by atoms with van der Waals surface area (Å²) in [6, 6.07) is 11.5. The number of esters is 4. The molecule has 2 aromatic carbocycles. The minimum absolute atomic E-state index is 0.0178. The van der Waals surface area contributed by atoms with Crippen LogP contribution in [0, 0.1) is 0 Å². The van der Waals surface area contributed by atoms with Crippen molar-refractivity contribution in [2.45, 2.75) is 44.1 Å². The van der Waals surface area contributed by atoms with Crippen LogP contribution in [-0.4, -0.2) is 40.1 Å². The number of ether oxygens (including phenoxy) is 3. The fourth-order valence-electron chi connectivity index (χ4n) is 3.78. The second kappa shape index (κ2) is 10.2. The topological polar surface area (TPSA) is 154 Å². The molecule has 0 spiro atoms. The lowest BCUT2D eigenvalue weighted by atomic mass is 9.85. The molecule has 2 aromatic rings. The van der Waals surface area contributed by atoms with Crippen LogP contribution in [0.4, 0.5) is 0 Å². The molecule has 1 unspecified atom stereocenters. The standard InChI is InChI=1S/C24H22O10/c1-14(25)32-19-8-4-17(5-9-19)24(12-22(30)33-23(31)13-24)34-21(29)11-16(10-20(27)28)15-2-6-18(26)7-3-15/h2-9,16,26H,10-13H2,1H3,(H,27,28). The molecular formula is C24H22O10. The number of phenols is 1. The summed E-state index contributed by atoms with van der Waals surface area (Å²) in [4.78, 5) is 59.6. The summed E-state index contributed by atoms with van der Waals surface area (Å²) in [5, 5.41) is 18.8. The minimum atomic E-state index is -1.67. The van der Waals surface area contributed by atoms with Crippen molar-refractivity contribution in [1.29, 1.82) is 0 Å². The Hall–Kier alpha value is -4.21. The Kier molecular flexibility index (Phi) is 7.30. The van der Waals surface area contributed by atoms with Gasteiger partial charge in [0.2, 0.25) is 0 Å². The molecule has 10 nitrogen and oxygen atoms in total.